The van der Waals surface area contributed by atoms with Crippen molar-refractivity contribution in [3.63, 3.8) is 0 Å². The van der Waals surface area contributed by atoms with Crippen LogP contribution in [0.3, 0.4) is 0 Å². The lowest BCUT2D eigenvalue weighted by atomic mass is 10.0. The molecule has 0 bridgehead atoms. The smallest absolute Gasteiger partial charge is 0.226 e. The second kappa shape index (κ2) is 5.64. The van der Waals surface area contributed by atoms with Gasteiger partial charge in [0.05, 0.1) is 0 Å². The van der Waals surface area contributed by atoms with E-state index in [2.05, 4.69) is 10.6 Å². The van der Waals surface area contributed by atoms with E-state index >= 15 is 0 Å². The lowest BCUT2D eigenvalue weighted by Crippen LogP contribution is -2.36. The number of rotatable bonds is 4. The Morgan fingerprint density at radius 1 is 1.11 bits per heavy atom. The molecule has 0 atom stereocenters. The molecule has 0 aliphatic carbocycles. The third-order valence-corrected chi connectivity index (χ3v) is 2.11. The van der Waals surface area contributed by atoms with Crippen LogP contribution in [0, 0.1) is 0 Å². The number of amides is 2. The summed E-state index contributed by atoms with van der Waals surface area (Å²) >= 11 is 0. The van der Waals surface area contributed by atoms with Gasteiger partial charge in [-0.2, -0.15) is 0 Å². The van der Waals surface area contributed by atoms with Crippen LogP contribution in [0.25, 0.3) is 0 Å². The van der Waals surface area contributed by atoms with Crippen LogP contribution in [0.1, 0.15) is 27.2 Å². The van der Waals surface area contributed by atoms with Gasteiger partial charge in [-0.1, -0.05) is 0 Å². The Morgan fingerprint density at radius 2 is 1.56 bits per heavy atom. The molecule has 0 saturated carbocycles. The summed E-state index contributed by atoms with van der Waals surface area (Å²) in [4.78, 5) is 22.5. The van der Waals surface area contributed by atoms with Gasteiger partial charge in [0, 0.05) is 30.3 Å². The third kappa shape index (κ3) is 5.45. The van der Waals surface area contributed by atoms with Crippen molar-refractivity contribution < 1.29 is 9.59 Å². The van der Waals surface area contributed by atoms with Gasteiger partial charge >= 0.3 is 0 Å². The predicted molar refractivity (Wildman–Crippen MR) is 72.3 cm³/mol. The minimum Gasteiger partial charge on any atom is -0.326 e. The summed E-state index contributed by atoms with van der Waals surface area (Å²) in [6.45, 7) is 5.04. The minimum atomic E-state index is -0.528. The summed E-state index contributed by atoms with van der Waals surface area (Å²) in [5.74, 6) is -0.258. The summed E-state index contributed by atoms with van der Waals surface area (Å²) in [5, 5.41) is 5.40. The molecule has 98 valence electrons. The van der Waals surface area contributed by atoms with Crippen LogP contribution in [-0.2, 0) is 9.59 Å². The Labute approximate surface area is 107 Å². The van der Waals surface area contributed by atoms with E-state index in [-0.39, 0.29) is 18.2 Å². The topological polar surface area (TPSA) is 84.2 Å². The van der Waals surface area contributed by atoms with Crippen molar-refractivity contribution in [1.82, 2.24) is 0 Å². The number of hydrogen-bond acceptors (Lipinski definition) is 3. The molecule has 5 nitrogen and oxygen atoms in total. The predicted octanol–water partition coefficient (Wildman–Crippen LogP) is 1.71. The van der Waals surface area contributed by atoms with Crippen LogP contribution < -0.4 is 16.4 Å². The first-order valence-electron chi connectivity index (χ1n) is 5.73. The normalized spacial score (nSPS) is 10.9. The number of nitrogens with one attached hydrogen (secondary N) is 2. The van der Waals surface area contributed by atoms with Gasteiger partial charge < -0.3 is 16.4 Å². The lowest BCUT2D eigenvalue weighted by Gasteiger charge is -2.17. The largest absolute Gasteiger partial charge is 0.326 e. The number of benzene rings is 1. The molecular formula is C13H19N3O2. The molecule has 5 heteroatoms. The molecule has 0 fully saturated rings. The number of carbonyl (C=O) groups is 2. The van der Waals surface area contributed by atoms with E-state index in [1.54, 1.807) is 38.1 Å². The molecule has 1 aromatic carbocycles. The Morgan fingerprint density at radius 3 is 1.94 bits per heavy atom. The SMILES string of the molecule is CC(=O)Nc1ccc(NC(=O)CC(C)(C)N)cc1. The quantitative estimate of drug-likeness (QED) is 0.759. The van der Waals surface area contributed by atoms with Crippen molar-refractivity contribution in [2.45, 2.75) is 32.7 Å². The zero-order chi connectivity index (χ0) is 13.8. The second-order valence-corrected chi connectivity index (χ2v) is 4.97. The molecule has 1 aromatic rings. The fraction of sp³-hybridized carbons (Fsp3) is 0.385. The second-order valence-electron chi connectivity index (χ2n) is 4.97. The molecule has 0 aromatic heterocycles. The van der Waals surface area contributed by atoms with Crippen LogP contribution in [-0.4, -0.2) is 17.4 Å². The molecule has 18 heavy (non-hydrogen) atoms. The van der Waals surface area contributed by atoms with Gasteiger partial charge in [0.15, 0.2) is 0 Å². The highest BCUT2D eigenvalue weighted by Gasteiger charge is 2.16. The van der Waals surface area contributed by atoms with Gasteiger partial charge in [0.2, 0.25) is 11.8 Å². The third-order valence-electron chi connectivity index (χ3n) is 2.11. The Kier molecular flexibility index (Phi) is 4.44. The van der Waals surface area contributed by atoms with Gasteiger partial charge in [-0.3, -0.25) is 9.59 Å². The molecule has 1 rings (SSSR count). The fourth-order valence-corrected chi connectivity index (χ4v) is 1.46. The maximum absolute atomic E-state index is 11.6. The number of carbonyl (C=O) groups excluding carboxylic acids is 2. The lowest BCUT2D eigenvalue weighted by molar-refractivity contribution is -0.117. The van der Waals surface area contributed by atoms with E-state index in [0.717, 1.165) is 0 Å². The van der Waals surface area contributed by atoms with Crippen molar-refractivity contribution in [2.24, 2.45) is 5.73 Å². The van der Waals surface area contributed by atoms with Crippen molar-refractivity contribution in [3.8, 4) is 0 Å². The maximum atomic E-state index is 11.6. The molecule has 0 saturated heterocycles. The molecule has 2 amide bonds. The minimum absolute atomic E-state index is 0.128. The molecule has 0 spiro atoms. The van der Waals surface area contributed by atoms with Crippen molar-refractivity contribution in [1.29, 1.82) is 0 Å². The average molecular weight is 249 g/mol. The monoisotopic (exact) mass is 249 g/mol. The Bertz CT molecular complexity index is 433. The van der Waals surface area contributed by atoms with Gasteiger partial charge in [0.25, 0.3) is 0 Å². The summed E-state index contributed by atoms with van der Waals surface area (Å²) in [5.41, 5.74) is 6.61. The standard InChI is InChI=1S/C13H19N3O2/c1-9(17)15-10-4-6-11(7-5-10)16-12(18)8-13(2,3)14/h4-7H,8,14H2,1-3H3,(H,15,17)(H,16,18). The highest BCUT2D eigenvalue weighted by molar-refractivity contribution is 5.92. The zero-order valence-corrected chi connectivity index (χ0v) is 10.9. The summed E-state index contributed by atoms with van der Waals surface area (Å²) in [6, 6.07) is 6.91. The average Bonchev–Trinajstić information content (AvgIpc) is 2.17. The van der Waals surface area contributed by atoms with E-state index in [9.17, 15) is 9.59 Å². The summed E-state index contributed by atoms with van der Waals surface area (Å²) < 4.78 is 0. The van der Waals surface area contributed by atoms with E-state index in [4.69, 9.17) is 5.73 Å². The molecule has 0 unspecified atom stereocenters. The van der Waals surface area contributed by atoms with Gasteiger partial charge in [-0.15, -0.1) is 0 Å². The summed E-state index contributed by atoms with van der Waals surface area (Å²) in [7, 11) is 0. The number of anilines is 2. The number of nitrogens with two attached hydrogens (primary N) is 1. The molecular weight excluding hydrogens is 230 g/mol. The Hall–Kier alpha value is -1.88. The highest BCUT2D eigenvalue weighted by Crippen LogP contribution is 2.14. The van der Waals surface area contributed by atoms with Gasteiger partial charge in [-0.05, 0) is 38.1 Å². The summed E-state index contributed by atoms with van der Waals surface area (Å²) in [6.07, 6.45) is 0.250. The first-order valence-corrected chi connectivity index (χ1v) is 5.73. The van der Waals surface area contributed by atoms with Crippen LogP contribution >= 0.6 is 0 Å². The molecule has 4 N–H and O–H groups in total. The maximum Gasteiger partial charge on any atom is 0.226 e. The Balaban J connectivity index is 2.58. The van der Waals surface area contributed by atoms with Crippen LogP contribution in [0.2, 0.25) is 0 Å². The number of hydrogen-bond donors (Lipinski definition) is 3. The zero-order valence-electron chi connectivity index (χ0n) is 10.9. The van der Waals surface area contributed by atoms with Gasteiger partial charge in [0.1, 0.15) is 0 Å². The first-order chi connectivity index (χ1) is 8.26. The van der Waals surface area contributed by atoms with E-state index in [0.29, 0.717) is 11.4 Å². The van der Waals surface area contributed by atoms with E-state index in [1.165, 1.54) is 6.92 Å². The van der Waals surface area contributed by atoms with Crippen LogP contribution in [0.15, 0.2) is 24.3 Å². The molecule has 0 aliphatic rings. The van der Waals surface area contributed by atoms with Crippen LogP contribution in [0.4, 0.5) is 11.4 Å². The van der Waals surface area contributed by atoms with Crippen molar-refractivity contribution in [2.75, 3.05) is 10.6 Å². The fourth-order valence-electron chi connectivity index (χ4n) is 1.46. The van der Waals surface area contributed by atoms with Crippen molar-refractivity contribution >= 4 is 23.2 Å². The van der Waals surface area contributed by atoms with E-state index < -0.39 is 5.54 Å². The van der Waals surface area contributed by atoms with E-state index in [1.807, 2.05) is 0 Å². The molecule has 0 heterocycles. The van der Waals surface area contributed by atoms with Crippen molar-refractivity contribution in [3.05, 3.63) is 24.3 Å². The highest BCUT2D eigenvalue weighted by atomic mass is 16.2. The van der Waals surface area contributed by atoms with Crippen LogP contribution in [0.5, 0.6) is 0 Å². The molecule has 0 radical (unpaired) electrons. The van der Waals surface area contributed by atoms with Gasteiger partial charge in [-0.25, -0.2) is 0 Å². The molecule has 0 aliphatic heterocycles. The first kappa shape index (κ1) is 14.2.